The molecule has 3 aromatic heterocycles. The molecule has 0 atom stereocenters. The lowest BCUT2D eigenvalue weighted by atomic mass is 9.81. The van der Waals surface area contributed by atoms with Gasteiger partial charge in [-0.3, -0.25) is 0 Å². The third kappa shape index (κ3) is 4.96. The molecule has 2 nitrogen and oxygen atoms in total. The summed E-state index contributed by atoms with van der Waals surface area (Å²) in [4.78, 5) is 0. The van der Waals surface area contributed by atoms with Crippen LogP contribution in [0.4, 0.5) is 0 Å². The van der Waals surface area contributed by atoms with Gasteiger partial charge in [0.2, 0.25) is 5.52 Å². The van der Waals surface area contributed by atoms with E-state index in [1.165, 1.54) is 76.5 Å². The first-order valence-corrected chi connectivity index (χ1v) is 24.7. The van der Waals surface area contributed by atoms with Gasteiger partial charge in [-0.15, -0.1) is 0 Å². The first kappa shape index (κ1) is 32.3. The summed E-state index contributed by atoms with van der Waals surface area (Å²) in [5, 5.41) is 13.6. The van der Waals surface area contributed by atoms with E-state index in [1.54, 1.807) is 10.4 Å². The van der Waals surface area contributed by atoms with Gasteiger partial charge >= 0.3 is 0 Å². The van der Waals surface area contributed by atoms with Crippen molar-refractivity contribution in [1.82, 2.24) is 4.40 Å². The zero-order chi connectivity index (χ0) is 34.2. The van der Waals surface area contributed by atoms with Gasteiger partial charge in [0.15, 0.2) is 6.20 Å². The second-order valence-electron chi connectivity index (χ2n) is 19.1. The standard InChI is InChI=1S/C43H55N2Si2/c1-26-31-23-27(24-42(2,3)4)19-20-28(31)32(25-43(5,6)7)37-34(26)38-35-30(21-22-44(38)8)40(46(9,10)11)41(47(12,13)14)36-29-17-15-16-18-33(29)45(37)39(35)36/h15-23H,24-25H2,1-14H3/q+1. The predicted octanol–water partition coefficient (Wildman–Crippen LogP) is 10.5. The van der Waals surface area contributed by atoms with Crippen molar-refractivity contribution in [3.8, 4) is 0 Å². The van der Waals surface area contributed by atoms with Crippen molar-refractivity contribution in [2.75, 3.05) is 0 Å². The zero-order valence-electron chi connectivity index (χ0n) is 31.5. The van der Waals surface area contributed by atoms with Crippen LogP contribution in [-0.2, 0) is 19.9 Å². The highest BCUT2D eigenvalue weighted by atomic mass is 28.3. The van der Waals surface area contributed by atoms with E-state index in [4.69, 9.17) is 0 Å². The Bertz CT molecular complexity index is 2400. The van der Waals surface area contributed by atoms with E-state index < -0.39 is 16.1 Å². The van der Waals surface area contributed by atoms with Crippen LogP contribution in [0.1, 0.15) is 58.2 Å². The molecule has 0 aliphatic rings. The molecule has 0 unspecified atom stereocenters. The van der Waals surface area contributed by atoms with E-state index in [0.29, 0.717) is 0 Å². The lowest BCUT2D eigenvalue weighted by Gasteiger charge is -2.31. The Morgan fingerprint density at radius 2 is 1.28 bits per heavy atom. The average molecular weight is 656 g/mol. The molecule has 244 valence electrons. The van der Waals surface area contributed by atoms with Crippen LogP contribution in [0.15, 0.2) is 54.7 Å². The molecule has 3 heterocycles. The minimum atomic E-state index is -1.79. The molecule has 0 aliphatic heterocycles. The fraction of sp³-hybridized carbons (Fsp3) is 0.419. The molecule has 0 N–H and O–H groups in total. The second-order valence-corrected chi connectivity index (χ2v) is 29.1. The molecule has 0 saturated heterocycles. The Labute approximate surface area is 284 Å². The quantitative estimate of drug-likeness (QED) is 0.0772. The number of hydrogen-bond donors (Lipinski definition) is 0. The maximum Gasteiger partial charge on any atom is 0.224 e. The number of para-hydroxylation sites is 1. The summed E-state index contributed by atoms with van der Waals surface area (Å²) in [6.45, 7) is 32.1. The van der Waals surface area contributed by atoms with Gasteiger partial charge < -0.3 is 4.40 Å². The van der Waals surface area contributed by atoms with Crippen molar-refractivity contribution >= 4 is 86.3 Å². The molecule has 4 heteroatoms. The van der Waals surface area contributed by atoms with E-state index in [1.807, 2.05) is 0 Å². The van der Waals surface area contributed by atoms with Crippen molar-refractivity contribution in [2.24, 2.45) is 17.9 Å². The molecule has 0 spiro atoms. The number of aryl methyl sites for hydroxylation is 2. The second kappa shape index (κ2) is 10.2. The highest BCUT2D eigenvalue weighted by molar-refractivity contribution is 7.01. The summed E-state index contributed by atoms with van der Waals surface area (Å²) in [5.74, 6) is 0. The lowest BCUT2D eigenvalue weighted by Crippen LogP contribution is -2.57. The van der Waals surface area contributed by atoms with Gasteiger partial charge in [0.1, 0.15) is 7.05 Å². The molecular formula is C43H55N2Si2+. The van der Waals surface area contributed by atoms with Gasteiger partial charge in [0.05, 0.1) is 43.5 Å². The van der Waals surface area contributed by atoms with E-state index in [-0.39, 0.29) is 10.8 Å². The molecule has 0 radical (unpaired) electrons. The van der Waals surface area contributed by atoms with Crippen LogP contribution < -0.4 is 14.9 Å². The number of benzene rings is 4. The van der Waals surface area contributed by atoms with Gasteiger partial charge in [-0.25, -0.2) is 4.57 Å². The average Bonchev–Trinajstić information content (AvgIpc) is 3.27. The van der Waals surface area contributed by atoms with Crippen LogP contribution in [0.5, 0.6) is 0 Å². The van der Waals surface area contributed by atoms with Crippen LogP contribution in [-0.4, -0.2) is 20.5 Å². The lowest BCUT2D eigenvalue weighted by molar-refractivity contribution is -0.643. The molecule has 7 aromatic rings. The van der Waals surface area contributed by atoms with Gasteiger partial charge in [0, 0.05) is 16.8 Å². The van der Waals surface area contributed by atoms with E-state index in [9.17, 15) is 0 Å². The molecule has 0 bridgehead atoms. The first-order valence-electron chi connectivity index (χ1n) is 17.7. The Morgan fingerprint density at radius 3 is 1.89 bits per heavy atom. The summed E-state index contributed by atoms with van der Waals surface area (Å²) in [5.41, 5.74) is 10.3. The van der Waals surface area contributed by atoms with E-state index >= 15 is 0 Å². The van der Waals surface area contributed by atoms with Crippen LogP contribution >= 0.6 is 0 Å². The van der Waals surface area contributed by atoms with E-state index in [2.05, 4.69) is 158 Å². The fourth-order valence-corrected chi connectivity index (χ4v) is 14.9. The van der Waals surface area contributed by atoms with Crippen molar-refractivity contribution in [3.05, 3.63) is 71.4 Å². The molecule has 0 amide bonds. The molecule has 0 saturated carbocycles. The highest BCUT2D eigenvalue weighted by Gasteiger charge is 2.37. The van der Waals surface area contributed by atoms with Gasteiger partial charge in [-0.2, -0.15) is 0 Å². The molecule has 0 fully saturated rings. The van der Waals surface area contributed by atoms with Crippen molar-refractivity contribution in [1.29, 1.82) is 0 Å². The summed E-state index contributed by atoms with van der Waals surface area (Å²) >= 11 is 0. The Hall–Kier alpha value is -3.22. The normalized spacial score (nSPS) is 13.9. The maximum absolute atomic E-state index is 2.74. The smallest absolute Gasteiger partial charge is 0.224 e. The number of rotatable bonds is 4. The summed E-state index contributed by atoms with van der Waals surface area (Å²) in [6.07, 6.45) is 4.45. The summed E-state index contributed by atoms with van der Waals surface area (Å²) < 4.78 is 5.19. The predicted molar refractivity (Wildman–Crippen MR) is 214 cm³/mol. The molecule has 47 heavy (non-hydrogen) atoms. The third-order valence-corrected chi connectivity index (χ3v) is 14.6. The number of hydrogen-bond acceptors (Lipinski definition) is 0. The van der Waals surface area contributed by atoms with Gasteiger partial charge in [0.25, 0.3) is 0 Å². The Kier molecular flexibility index (Phi) is 6.98. The largest absolute Gasteiger partial charge is 0.307 e. The number of aromatic nitrogens is 2. The number of nitrogens with zero attached hydrogens (tertiary/aromatic N) is 2. The number of pyridine rings is 2. The minimum absolute atomic E-state index is 0.127. The maximum atomic E-state index is 2.74. The highest BCUT2D eigenvalue weighted by Crippen LogP contribution is 2.45. The zero-order valence-corrected chi connectivity index (χ0v) is 33.5. The van der Waals surface area contributed by atoms with Crippen LogP contribution in [0, 0.1) is 17.8 Å². The molecular weight excluding hydrogens is 601 g/mol. The molecule has 7 rings (SSSR count). The van der Waals surface area contributed by atoms with Crippen LogP contribution in [0.2, 0.25) is 39.3 Å². The van der Waals surface area contributed by atoms with Crippen LogP contribution in [0.25, 0.3) is 59.8 Å². The van der Waals surface area contributed by atoms with Gasteiger partial charge in [-0.1, -0.05) is 128 Å². The van der Waals surface area contributed by atoms with Crippen molar-refractivity contribution in [3.63, 3.8) is 0 Å². The summed E-state index contributed by atoms with van der Waals surface area (Å²) in [7, 11) is -1.27. The van der Waals surface area contributed by atoms with Crippen molar-refractivity contribution < 1.29 is 4.57 Å². The van der Waals surface area contributed by atoms with Crippen LogP contribution in [0.3, 0.4) is 0 Å². The summed E-state index contributed by atoms with van der Waals surface area (Å²) in [6, 6.07) is 19.2. The van der Waals surface area contributed by atoms with Gasteiger partial charge in [-0.05, 0) is 69.5 Å². The Balaban J connectivity index is 1.89. The third-order valence-electron chi connectivity index (χ3n) is 10.3. The van der Waals surface area contributed by atoms with Crippen molar-refractivity contribution in [2.45, 2.75) is 101 Å². The Morgan fingerprint density at radius 1 is 0.638 bits per heavy atom. The SMILES string of the molecule is Cc1c2cc(CC(C)(C)C)ccc2c(CC(C)(C)C)c2c1c1c3c(cc[n+]1C)c([Si](C)(C)C)c([Si](C)(C)C)c1c4ccccc4n2c13. The molecule has 4 aromatic carbocycles. The molecule has 0 aliphatic carbocycles. The number of fused-ring (bicyclic) bond motifs is 7. The first-order chi connectivity index (χ1) is 21.7. The van der Waals surface area contributed by atoms with E-state index in [0.717, 1.165) is 12.8 Å². The topological polar surface area (TPSA) is 8.29 Å². The monoisotopic (exact) mass is 655 g/mol. The fourth-order valence-electron chi connectivity index (χ4n) is 8.87. The minimum Gasteiger partial charge on any atom is -0.307 e.